The van der Waals surface area contributed by atoms with Crippen LogP contribution in [0.2, 0.25) is 0 Å². The molecule has 29 heavy (non-hydrogen) atoms. The molecule has 1 aliphatic rings. The lowest BCUT2D eigenvalue weighted by Gasteiger charge is -2.23. The average molecular weight is 381 g/mol. The Morgan fingerprint density at radius 2 is 1.62 bits per heavy atom. The summed E-state index contributed by atoms with van der Waals surface area (Å²) >= 11 is 0. The number of benzene rings is 3. The SMILES string of the molecule is COc1ccc(/C=C2\C=C(c3ccccc3)N(c3ccc(C)cc3C)C2=O)cc1. The highest BCUT2D eigenvalue weighted by Gasteiger charge is 2.31. The number of ether oxygens (including phenoxy) is 1. The summed E-state index contributed by atoms with van der Waals surface area (Å²) in [5.74, 6) is 0.772. The third-order valence-corrected chi connectivity index (χ3v) is 5.08. The molecule has 0 radical (unpaired) electrons. The molecule has 1 heterocycles. The largest absolute Gasteiger partial charge is 0.497 e. The Morgan fingerprint density at radius 1 is 0.897 bits per heavy atom. The van der Waals surface area contributed by atoms with E-state index in [9.17, 15) is 4.79 Å². The maximum absolute atomic E-state index is 13.4. The lowest BCUT2D eigenvalue weighted by molar-refractivity contribution is -0.113. The van der Waals surface area contributed by atoms with Crippen LogP contribution < -0.4 is 9.64 Å². The Labute approximate surface area is 171 Å². The van der Waals surface area contributed by atoms with E-state index in [4.69, 9.17) is 4.74 Å². The van der Waals surface area contributed by atoms with Gasteiger partial charge in [0, 0.05) is 5.57 Å². The van der Waals surface area contributed by atoms with Gasteiger partial charge in [-0.05, 0) is 60.9 Å². The normalized spacial score (nSPS) is 15.0. The Balaban J connectivity index is 1.81. The highest BCUT2D eigenvalue weighted by molar-refractivity contribution is 6.23. The van der Waals surface area contributed by atoms with E-state index in [1.807, 2.05) is 90.7 Å². The molecule has 0 aromatic heterocycles. The van der Waals surface area contributed by atoms with Gasteiger partial charge in [-0.15, -0.1) is 0 Å². The van der Waals surface area contributed by atoms with Crippen LogP contribution in [0.4, 0.5) is 5.69 Å². The van der Waals surface area contributed by atoms with E-state index in [0.29, 0.717) is 5.57 Å². The van der Waals surface area contributed by atoms with Crippen molar-refractivity contribution < 1.29 is 9.53 Å². The predicted molar refractivity (Wildman–Crippen MR) is 119 cm³/mol. The van der Waals surface area contributed by atoms with Gasteiger partial charge < -0.3 is 4.74 Å². The highest BCUT2D eigenvalue weighted by Crippen LogP contribution is 2.37. The molecule has 3 aromatic carbocycles. The fraction of sp³-hybridized carbons (Fsp3) is 0.115. The van der Waals surface area contributed by atoms with E-state index < -0.39 is 0 Å². The van der Waals surface area contributed by atoms with Crippen LogP contribution in [0.5, 0.6) is 5.75 Å². The van der Waals surface area contributed by atoms with Gasteiger partial charge in [-0.3, -0.25) is 9.69 Å². The number of nitrogens with zero attached hydrogens (tertiary/aromatic N) is 1. The first-order chi connectivity index (χ1) is 14.1. The van der Waals surface area contributed by atoms with Crippen molar-refractivity contribution in [2.75, 3.05) is 12.0 Å². The molecule has 0 fully saturated rings. The summed E-state index contributed by atoms with van der Waals surface area (Å²) in [5.41, 5.74) is 6.69. The third-order valence-electron chi connectivity index (χ3n) is 5.08. The van der Waals surface area contributed by atoms with Crippen LogP contribution in [-0.2, 0) is 4.79 Å². The van der Waals surface area contributed by atoms with Crippen molar-refractivity contribution in [1.29, 1.82) is 0 Å². The standard InChI is InChI=1S/C26H23NO2/c1-18-9-14-24(19(2)15-18)27-25(21-7-5-4-6-8-21)17-22(26(27)28)16-20-10-12-23(29-3)13-11-20/h4-17H,1-3H3/b22-16+. The van der Waals surface area contributed by atoms with Crippen LogP contribution >= 0.6 is 0 Å². The first-order valence-electron chi connectivity index (χ1n) is 9.61. The molecule has 0 bridgehead atoms. The Hall–Kier alpha value is -3.59. The minimum atomic E-state index is -0.0216. The van der Waals surface area contributed by atoms with Crippen LogP contribution in [0.25, 0.3) is 11.8 Å². The number of methoxy groups -OCH3 is 1. The van der Waals surface area contributed by atoms with Crippen molar-refractivity contribution in [3.63, 3.8) is 0 Å². The van der Waals surface area contributed by atoms with Crippen molar-refractivity contribution in [2.45, 2.75) is 13.8 Å². The molecule has 0 saturated carbocycles. The average Bonchev–Trinajstić information content (AvgIpc) is 3.05. The van der Waals surface area contributed by atoms with E-state index in [-0.39, 0.29) is 5.91 Å². The molecule has 0 N–H and O–H groups in total. The number of carbonyl (C=O) groups is 1. The molecule has 1 amide bonds. The number of anilines is 1. The lowest BCUT2D eigenvalue weighted by atomic mass is 10.1. The van der Waals surface area contributed by atoms with Gasteiger partial charge in [0.2, 0.25) is 0 Å². The van der Waals surface area contributed by atoms with Crippen LogP contribution in [0.3, 0.4) is 0 Å². The summed E-state index contributed by atoms with van der Waals surface area (Å²) < 4.78 is 5.23. The number of aryl methyl sites for hydroxylation is 2. The molecule has 0 spiro atoms. The second kappa shape index (κ2) is 7.80. The molecule has 0 unspecified atom stereocenters. The summed E-state index contributed by atoms with van der Waals surface area (Å²) in [6, 6.07) is 23.9. The fourth-order valence-corrected chi connectivity index (χ4v) is 3.61. The zero-order valence-electron chi connectivity index (χ0n) is 16.8. The van der Waals surface area contributed by atoms with Gasteiger partial charge >= 0.3 is 0 Å². The first kappa shape index (κ1) is 18.8. The van der Waals surface area contributed by atoms with Crippen LogP contribution in [0.15, 0.2) is 84.4 Å². The number of hydrogen-bond donors (Lipinski definition) is 0. The monoisotopic (exact) mass is 381 g/mol. The lowest BCUT2D eigenvalue weighted by Crippen LogP contribution is -2.25. The molecule has 3 aromatic rings. The Morgan fingerprint density at radius 3 is 2.28 bits per heavy atom. The molecular weight excluding hydrogens is 358 g/mol. The van der Waals surface area contributed by atoms with Gasteiger partial charge in [0.25, 0.3) is 5.91 Å². The van der Waals surface area contributed by atoms with Crippen molar-refractivity contribution >= 4 is 23.4 Å². The van der Waals surface area contributed by atoms with Crippen molar-refractivity contribution in [1.82, 2.24) is 0 Å². The van der Waals surface area contributed by atoms with Gasteiger partial charge in [-0.1, -0.05) is 60.2 Å². The Bertz CT molecular complexity index is 1110. The number of amides is 1. The van der Waals surface area contributed by atoms with Gasteiger partial charge in [0.05, 0.1) is 18.5 Å². The van der Waals surface area contributed by atoms with Crippen LogP contribution in [0, 0.1) is 13.8 Å². The molecular formula is C26H23NO2. The molecule has 0 saturated heterocycles. The van der Waals surface area contributed by atoms with Gasteiger partial charge in [0.15, 0.2) is 0 Å². The second-order valence-corrected chi connectivity index (χ2v) is 7.20. The van der Waals surface area contributed by atoms with Gasteiger partial charge in [0.1, 0.15) is 5.75 Å². The van der Waals surface area contributed by atoms with Gasteiger partial charge in [-0.25, -0.2) is 0 Å². The van der Waals surface area contributed by atoms with E-state index in [2.05, 4.69) is 13.0 Å². The Kier molecular flexibility index (Phi) is 5.05. The zero-order valence-corrected chi connectivity index (χ0v) is 16.8. The van der Waals surface area contributed by atoms with Crippen LogP contribution in [-0.4, -0.2) is 13.0 Å². The third kappa shape index (κ3) is 3.72. The van der Waals surface area contributed by atoms with E-state index >= 15 is 0 Å². The molecule has 3 heteroatoms. The minimum Gasteiger partial charge on any atom is -0.497 e. The minimum absolute atomic E-state index is 0.0216. The highest BCUT2D eigenvalue weighted by atomic mass is 16.5. The summed E-state index contributed by atoms with van der Waals surface area (Å²) in [6.07, 6.45) is 3.90. The maximum Gasteiger partial charge on any atom is 0.262 e. The number of rotatable bonds is 4. The summed E-state index contributed by atoms with van der Waals surface area (Å²) in [7, 11) is 1.64. The van der Waals surface area contributed by atoms with E-state index in [0.717, 1.165) is 33.8 Å². The number of hydrogen-bond acceptors (Lipinski definition) is 2. The molecule has 144 valence electrons. The smallest absolute Gasteiger partial charge is 0.262 e. The molecule has 3 nitrogen and oxygen atoms in total. The van der Waals surface area contributed by atoms with Gasteiger partial charge in [-0.2, -0.15) is 0 Å². The van der Waals surface area contributed by atoms with Crippen molar-refractivity contribution in [2.24, 2.45) is 0 Å². The summed E-state index contributed by atoms with van der Waals surface area (Å²) in [6.45, 7) is 4.11. The molecule has 4 rings (SSSR count). The summed E-state index contributed by atoms with van der Waals surface area (Å²) in [4.78, 5) is 15.3. The van der Waals surface area contributed by atoms with E-state index in [1.54, 1.807) is 7.11 Å². The first-order valence-corrected chi connectivity index (χ1v) is 9.61. The summed E-state index contributed by atoms with van der Waals surface area (Å²) in [5, 5.41) is 0. The predicted octanol–water partition coefficient (Wildman–Crippen LogP) is 5.78. The second-order valence-electron chi connectivity index (χ2n) is 7.20. The fourth-order valence-electron chi connectivity index (χ4n) is 3.61. The molecule has 0 atom stereocenters. The van der Waals surface area contributed by atoms with Crippen molar-refractivity contribution in [3.8, 4) is 5.75 Å². The molecule has 1 aliphatic heterocycles. The topological polar surface area (TPSA) is 29.5 Å². The van der Waals surface area contributed by atoms with E-state index in [1.165, 1.54) is 5.56 Å². The molecule has 0 aliphatic carbocycles. The quantitative estimate of drug-likeness (QED) is 0.536. The van der Waals surface area contributed by atoms with Crippen molar-refractivity contribution in [3.05, 3.63) is 107 Å². The maximum atomic E-state index is 13.4. The zero-order chi connectivity index (χ0) is 20.4. The number of carbonyl (C=O) groups excluding carboxylic acids is 1. The van der Waals surface area contributed by atoms with Crippen LogP contribution in [0.1, 0.15) is 22.3 Å².